The van der Waals surface area contributed by atoms with Gasteiger partial charge in [-0.15, -0.1) is 0 Å². The van der Waals surface area contributed by atoms with Gasteiger partial charge in [0.2, 0.25) is 5.91 Å². The van der Waals surface area contributed by atoms with E-state index in [0.717, 1.165) is 48.9 Å². The van der Waals surface area contributed by atoms with Crippen molar-refractivity contribution in [3.63, 3.8) is 0 Å². The summed E-state index contributed by atoms with van der Waals surface area (Å²) < 4.78 is 7.18. The van der Waals surface area contributed by atoms with E-state index in [-0.39, 0.29) is 5.91 Å². The molecule has 4 rings (SSSR count). The van der Waals surface area contributed by atoms with Crippen LogP contribution < -0.4 is 10.2 Å². The minimum Gasteiger partial charge on any atom is -0.378 e. The van der Waals surface area contributed by atoms with Gasteiger partial charge in [0.25, 0.3) is 0 Å². The van der Waals surface area contributed by atoms with Crippen molar-refractivity contribution in [2.24, 2.45) is 0 Å². The maximum Gasteiger partial charge on any atom is 0.224 e. The molecule has 2 aromatic heterocycles. The molecule has 0 saturated carbocycles. The third-order valence-corrected chi connectivity index (χ3v) is 4.70. The first-order chi connectivity index (χ1) is 13.8. The Kier molecular flexibility index (Phi) is 5.63. The van der Waals surface area contributed by atoms with Crippen LogP contribution >= 0.6 is 0 Å². The third kappa shape index (κ3) is 4.55. The highest BCUT2D eigenvalue weighted by Gasteiger charge is 2.12. The van der Waals surface area contributed by atoms with E-state index in [0.29, 0.717) is 13.0 Å². The first kappa shape index (κ1) is 18.2. The molecule has 1 aliphatic heterocycles. The number of carbonyl (C=O) groups excluding carboxylic acids is 1. The number of nitrogens with one attached hydrogen (secondary N) is 1. The predicted octanol–water partition coefficient (Wildman–Crippen LogP) is 1.96. The highest BCUT2D eigenvalue weighted by Crippen LogP contribution is 2.14. The molecule has 0 bridgehead atoms. The molecule has 3 aromatic rings. The zero-order chi connectivity index (χ0) is 19.2. The zero-order valence-electron chi connectivity index (χ0n) is 15.6. The number of hydrogen-bond acceptors (Lipinski definition) is 5. The standard InChI is InChI=1S/C21H23N5O2/c27-21(15-17-2-4-19(5-3-17)26-9-1-7-24-26)23-16-18-6-8-22-20(14-18)25-10-12-28-13-11-25/h1-9,14H,10-13,15-16H2,(H,23,27). The summed E-state index contributed by atoms with van der Waals surface area (Å²) in [6.07, 6.45) is 5.77. The van der Waals surface area contributed by atoms with Gasteiger partial charge in [-0.25, -0.2) is 9.67 Å². The third-order valence-electron chi connectivity index (χ3n) is 4.70. The number of carbonyl (C=O) groups is 1. The number of morpholine rings is 1. The lowest BCUT2D eigenvalue weighted by atomic mass is 10.1. The van der Waals surface area contributed by atoms with Gasteiger partial charge < -0.3 is 15.0 Å². The van der Waals surface area contributed by atoms with Crippen LogP contribution in [-0.2, 0) is 22.5 Å². The van der Waals surface area contributed by atoms with Crippen molar-refractivity contribution in [1.29, 1.82) is 0 Å². The monoisotopic (exact) mass is 377 g/mol. The van der Waals surface area contributed by atoms with Crippen LogP contribution in [0.5, 0.6) is 0 Å². The van der Waals surface area contributed by atoms with E-state index < -0.39 is 0 Å². The highest BCUT2D eigenvalue weighted by atomic mass is 16.5. The Morgan fingerprint density at radius 3 is 2.64 bits per heavy atom. The number of amides is 1. The Balaban J connectivity index is 1.31. The Hall–Kier alpha value is -3.19. The lowest BCUT2D eigenvalue weighted by Crippen LogP contribution is -2.36. The van der Waals surface area contributed by atoms with Crippen LogP contribution in [0, 0.1) is 0 Å². The first-order valence-corrected chi connectivity index (χ1v) is 9.41. The van der Waals surface area contributed by atoms with Crippen molar-refractivity contribution >= 4 is 11.7 Å². The predicted molar refractivity (Wildman–Crippen MR) is 106 cm³/mol. The van der Waals surface area contributed by atoms with Crippen LogP contribution in [-0.4, -0.2) is 47.0 Å². The molecule has 0 atom stereocenters. The Morgan fingerprint density at radius 1 is 1.07 bits per heavy atom. The molecule has 1 aromatic carbocycles. The maximum atomic E-state index is 12.3. The van der Waals surface area contributed by atoms with Crippen LogP contribution in [0.3, 0.4) is 0 Å². The number of pyridine rings is 1. The summed E-state index contributed by atoms with van der Waals surface area (Å²) in [5.74, 6) is 0.931. The molecule has 144 valence electrons. The first-order valence-electron chi connectivity index (χ1n) is 9.41. The fraction of sp³-hybridized carbons (Fsp3) is 0.286. The van der Waals surface area contributed by atoms with Gasteiger partial charge in [0.05, 0.1) is 25.3 Å². The quantitative estimate of drug-likeness (QED) is 0.711. The normalized spacial score (nSPS) is 14.1. The molecule has 0 radical (unpaired) electrons. The molecule has 0 spiro atoms. The van der Waals surface area contributed by atoms with Gasteiger partial charge in [0.1, 0.15) is 5.82 Å². The molecule has 1 saturated heterocycles. The number of benzene rings is 1. The smallest absolute Gasteiger partial charge is 0.224 e. The van der Waals surface area contributed by atoms with Crippen LogP contribution in [0.15, 0.2) is 61.1 Å². The van der Waals surface area contributed by atoms with Crippen molar-refractivity contribution in [1.82, 2.24) is 20.1 Å². The summed E-state index contributed by atoms with van der Waals surface area (Å²) in [6, 6.07) is 13.7. The molecule has 1 amide bonds. The maximum absolute atomic E-state index is 12.3. The van der Waals surface area contributed by atoms with Crippen LogP contribution in [0.25, 0.3) is 5.69 Å². The fourth-order valence-electron chi connectivity index (χ4n) is 3.17. The lowest BCUT2D eigenvalue weighted by molar-refractivity contribution is -0.120. The minimum atomic E-state index is -0.00317. The molecule has 0 unspecified atom stereocenters. The van der Waals surface area contributed by atoms with Crippen LogP contribution in [0.1, 0.15) is 11.1 Å². The molecule has 7 heteroatoms. The summed E-state index contributed by atoms with van der Waals surface area (Å²) in [5.41, 5.74) is 2.98. The average Bonchev–Trinajstić information content (AvgIpc) is 3.29. The van der Waals surface area contributed by atoms with Gasteiger partial charge >= 0.3 is 0 Å². The molecule has 1 aliphatic rings. The van der Waals surface area contributed by atoms with Gasteiger partial charge in [-0.05, 0) is 41.5 Å². The van der Waals surface area contributed by atoms with Gasteiger partial charge in [-0.1, -0.05) is 12.1 Å². The van der Waals surface area contributed by atoms with Gasteiger partial charge in [-0.2, -0.15) is 5.10 Å². The number of aromatic nitrogens is 3. The Labute approximate surface area is 164 Å². The molecule has 3 heterocycles. The van der Waals surface area contributed by atoms with Gasteiger partial charge in [0.15, 0.2) is 0 Å². The summed E-state index contributed by atoms with van der Waals surface area (Å²) in [4.78, 5) is 19.0. The van der Waals surface area contributed by atoms with Crippen LogP contribution in [0.2, 0.25) is 0 Å². The van der Waals surface area contributed by atoms with Crippen molar-refractivity contribution in [3.05, 3.63) is 72.2 Å². The molecule has 1 N–H and O–H groups in total. The number of nitrogens with zero attached hydrogens (tertiary/aromatic N) is 4. The molecule has 7 nitrogen and oxygen atoms in total. The second kappa shape index (κ2) is 8.67. The Bertz CT molecular complexity index is 903. The Morgan fingerprint density at radius 2 is 1.89 bits per heavy atom. The lowest BCUT2D eigenvalue weighted by Gasteiger charge is -2.28. The summed E-state index contributed by atoms with van der Waals surface area (Å²) in [6.45, 7) is 3.63. The topological polar surface area (TPSA) is 72.3 Å². The minimum absolute atomic E-state index is 0.00317. The van der Waals surface area contributed by atoms with Crippen molar-refractivity contribution < 1.29 is 9.53 Å². The van der Waals surface area contributed by atoms with E-state index in [1.165, 1.54) is 0 Å². The largest absolute Gasteiger partial charge is 0.378 e. The van der Waals surface area contributed by atoms with Crippen molar-refractivity contribution in [3.8, 4) is 5.69 Å². The van der Waals surface area contributed by atoms with E-state index in [1.807, 2.05) is 48.7 Å². The molecule has 0 aliphatic carbocycles. The zero-order valence-corrected chi connectivity index (χ0v) is 15.6. The summed E-state index contributed by atoms with van der Waals surface area (Å²) >= 11 is 0. The van der Waals surface area contributed by atoms with Crippen molar-refractivity contribution in [2.45, 2.75) is 13.0 Å². The molecule has 1 fully saturated rings. The molecular weight excluding hydrogens is 354 g/mol. The van der Waals surface area contributed by atoms with Crippen LogP contribution in [0.4, 0.5) is 5.82 Å². The SMILES string of the molecule is O=C(Cc1ccc(-n2cccn2)cc1)NCc1ccnc(N2CCOCC2)c1. The highest BCUT2D eigenvalue weighted by molar-refractivity contribution is 5.78. The summed E-state index contributed by atoms with van der Waals surface area (Å²) in [5, 5.41) is 7.20. The van der Waals surface area contributed by atoms with Gasteiger partial charge in [-0.3, -0.25) is 4.79 Å². The summed E-state index contributed by atoms with van der Waals surface area (Å²) in [7, 11) is 0. The second-order valence-electron chi connectivity index (χ2n) is 6.69. The van der Waals surface area contributed by atoms with E-state index in [1.54, 1.807) is 17.1 Å². The fourth-order valence-corrected chi connectivity index (χ4v) is 3.17. The number of rotatable bonds is 6. The average molecular weight is 377 g/mol. The van der Waals surface area contributed by atoms with E-state index in [2.05, 4.69) is 20.3 Å². The number of anilines is 1. The number of hydrogen-bond donors (Lipinski definition) is 1. The number of ether oxygens (including phenoxy) is 1. The van der Waals surface area contributed by atoms with E-state index >= 15 is 0 Å². The molecule has 28 heavy (non-hydrogen) atoms. The second-order valence-corrected chi connectivity index (χ2v) is 6.69. The van der Waals surface area contributed by atoms with E-state index in [9.17, 15) is 4.79 Å². The molecular formula is C21H23N5O2. The van der Waals surface area contributed by atoms with Crippen molar-refractivity contribution in [2.75, 3.05) is 31.2 Å². The van der Waals surface area contributed by atoms with Gasteiger partial charge in [0, 0.05) is 38.2 Å². The van der Waals surface area contributed by atoms with E-state index in [4.69, 9.17) is 4.74 Å².